The summed E-state index contributed by atoms with van der Waals surface area (Å²) in [5.74, 6) is -0.783. The molecule has 0 fully saturated rings. The van der Waals surface area contributed by atoms with Gasteiger partial charge in [-0.15, -0.1) is 11.3 Å². The van der Waals surface area contributed by atoms with Crippen LogP contribution < -0.4 is 5.56 Å². The third-order valence-corrected chi connectivity index (χ3v) is 5.32. The topological polar surface area (TPSA) is 81.5 Å². The van der Waals surface area contributed by atoms with Crippen LogP contribution in [-0.4, -0.2) is 39.0 Å². The van der Waals surface area contributed by atoms with E-state index in [9.17, 15) is 14.4 Å². The van der Waals surface area contributed by atoms with E-state index in [1.54, 1.807) is 16.3 Å². The summed E-state index contributed by atoms with van der Waals surface area (Å²) in [4.78, 5) is 43.5. The number of benzene rings is 1. The van der Waals surface area contributed by atoms with Gasteiger partial charge in [0.1, 0.15) is 4.83 Å². The number of hydrogen-bond donors (Lipinski definition) is 0. The molecular formula is C21H23N3O4S. The van der Waals surface area contributed by atoms with Crippen molar-refractivity contribution in [3.63, 3.8) is 0 Å². The predicted octanol–water partition coefficient (Wildman–Crippen LogP) is 2.83. The van der Waals surface area contributed by atoms with Crippen molar-refractivity contribution in [2.24, 2.45) is 0 Å². The first-order chi connectivity index (χ1) is 14.0. The van der Waals surface area contributed by atoms with Gasteiger partial charge in [-0.3, -0.25) is 19.0 Å². The second-order valence-electron chi connectivity index (χ2n) is 6.89. The molecule has 29 heavy (non-hydrogen) atoms. The molecule has 3 aromatic rings. The van der Waals surface area contributed by atoms with Gasteiger partial charge in [0.15, 0.2) is 6.61 Å². The molecule has 0 N–H and O–H groups in total. The Balaban J connectivity index is 1.52. The average molecular weight is 413 g/mol. The molecule has 152 valence electrons. The Morgan fingerprint density at radius 2 is 1.97 bits per heavy atom. The van der Waals surface area contributed by atoms with Crippen LogP contribution >= 0.6 is 11.3 Å². The third-order valence-electron chi connectivity index (χ3n) is 4.50. The van der Waals surface area contributed by atoms with Crippen molar-refractivity contribution in [1.29, 1.82) is 0 Å². The predicted molar refractivity (Wildman–Crippen MR) is 112 cm³/mol. The van der Waals surface area contributed by atoms with Gasteiger partial charge in [-0.25, -0.2) is 4.98 Å². The summed E-state index contributed by atoms with van der Waals surface area (Å²) in [6, 6.07) is 11.4. The molecule has 0 atom stereocenters. The molecule has 1 amide bonds. The molecule has 7 nitrogen and oxygen atoms in total. The molecule has 0 radical (unpaired) electrons. The molecule has 1 aromatic carbocycles. The molecule has 0 bridgehead atoms. The highest BCUT2D eigenvalue weighted by Crippen LogP contribution is 2.13. The van der Waals surface area contributed by atoms with Crippen LogP contribution in [0.25, 0.3) is 10.2 Å². The standard InChI is InChI=1S/C21H23N3O4S/c1-15(2)24(12-16-6-4-3-5-7-16)18(25)13-28-19(26)8-10-23-14-22-20-17(21(23)27)9-11-29-20/h3-7,9,11,14-15H,8,10,12-13H2,1-2H3. The summed E-state index contributed by atoms with van der Waals surface area (Å²) in [5, 5.41) is 2.34. The number of thiophene rings is 1. The lowest BCUT2D eigenvalue weighted by atomic mass is 10.2. The van der Waals surface area contributed by atoms with Crippen LogP contribution in [0.4, 0.5) is 0 Å². The van der Waals surface area contributed by atoms with Crippen LogP contribution in [0.2, 0.25) is 0 Å². The van der Waals surface area contributed by atoms with E-state index >= 15 is 0 Å². The Labute approximate surface area is 172 Å². The summed E-state index contributed by atoms with van der Waals surface area (Å²) < 4.78 is 6.53. The lowest BCUT2D eigenvalue weighted by molar-refractivity contribution is -0.153. The van der Waals surface area contributed by atoms with Gasteiger partial charge >= 0.3 is 5.97 Å². The van der Waals surface area contributed by atoms with Gasteiger partial charge in [-0.05, 0) is 30.9 Å². The molecule has 2 heterocycles. The first kappa shape index (κ1) is 20.7. The average Bonchev–Trinajstić information content (AvgIpc) is 3.20. The van der Waals surface area contributed by atoms with Crippen molar-refractivity contribution >= 4 is 33.4 Å². The van der Waals surface area contributed by atoms with E-state index in [4.69, 9.17) is 4.74 Å². The normalized spacial score (nSPS) is 11.0. The molecule has 0 aliphatic carbocycles. The van der Waals surface area contributed by atoms with Gasteiger partial charge < -0.3 is 9.64 Å². The molecule has 0 aliphatic heterocycles. The minimum atomic E-state index is -0.529. The van der Waals surface area contributed by atoms with Gasteiger partial charge in [0.2, 0.25) is 0 Å². The van der Waals surface area contributed by atoms with Crippen LogP contribution in [0.3, 0.4) is 0 Å². The minimum Gasteiger partial charge on any atom is -0.456 e. The quantitative estimate of drug-likeness (QED) is 0.531. The van der Waals surface area contributed by atoms with Crippen molar-refractivity contribution in [1.82, 2.24) is 14.5 Å². The second kappa shape index (κ2) is 9.47. The van der Waals surface area contributed by atoms with E-state index in [2.05, 4.69) is 4.98 Å². The Bertz CT molecular complexity index is 1040. The Kier molecular flexibility index (Phi) is 6.77. The Hall–Kier alpha value is -3.00. The van der Waals surface area contributed by atoms with E-state index in [1.165, 1.54) is 22.2 Å². The number of aromatic nitrogens is 2. The molecule has 0 aliphatic rings. The number of nitrogens with zero attached hydrogens (tertiary/aromatic N) is 3. The van der Waals surface area contributed by atoms with Crippen molar-refractivity contribution in [2.75, 3.05) is 6.61 Å². The molecule has 0 unspecified atom stereocenters. The Morgan fingerprint density at radius 3 is 2.69 bits per heavy atom. The van der Waals surface area contributed by atoms with Crippen LogP contribution in [0.15, 0.2) is 52.9 Å². The first-order valence-corrected chi connectivity index (χ1v) is 10.3. The fourth-order valence-electron chi connectivity index (χ4n) is 2.90. The molecule has 0 saturated carbocycles. The lowest BCUT2D eigenvalue weighted by Gasteiger charge is -2.26. The van der Waals surface area contributed by atoms with Crippen molar-refractivity contribution in [3.05, 3.63) is 64.0 Å². The minimum absolute atomic E-state index is 0.00905. The van der Waals surface area contributed by atoms with Gasteiger partial charge in [0.05, 0.1) is 18.1 Å². The first-order valence-electron chi connectivity index (χ1n) is 9.37. The summed E-state index contributed by atoms with van der Waals surface area (Å²) in [7, 11) is 0. The van der Waals surface area contributed by atoms with Crippen LogP contribution in [0.5, 0.6) is 0 Å². The van der Waals surface area contributed by atoms with E-state index < -0.39 is 5.97 Å². The number of carbonyl (C=O) groups excluding carboxylic acids is 2. The maximum absolute atomic E-state index is 12.5. The van der Waals surface area contributed by atoms with E-state index in [1.807, 2.05) is 44.2 Å². The molecule has 0 spiro atoms. The second-order valence-corrected chi connectivity index (χ2v) is 7.79. The largest absolute Gasteiger partial charge is 0.456 e. The monoisotopic (exact) mass is 413 g/mol. The number of esters is 1. The fraction of sp³-hybridized carbons (Fsp3) is 0.333. The number of aryl methyl sites for hydroxylation is 1. The SMILES string of the molecule is CC(C)N(Cc1ccccc1)C(=O)COC(=O)CCn1cnc2sccc2c1=O. The van der Waals surface area contributed by atoms with Crippen molar-refractivity contribution < 1.29 is 14.3 Å². The molecular weight excluding hydrogens is 390 g/mol. The van der Waals surface area contributed by atoms with Gasteiger partial charge in [-0.1, -0.05) is 30.3 Å². The number of carbonyl (C=O) groups is 2. The zero-order valence-corrected chi connectivity index (χ0v) is 17.2. The summed E-state index contributed by atoms with van der Waals surface area (Å²) in [6.07, 6.45) is 1.42. The molecule has 8 heteroatoms. The highest BCUT2D eigenvalue weighted by Gasteiger charge is 2.19. The van der Waals surface area contributed by atoms with E-state index in [0.29, 0.717) is 16.8 Å². The highest BCUT2D eigenvalue weighted by atomic mass is 32.1. The smallest absolute Gasteiger partial charge is 0.308 e. The molecule has 2 aromatic heterocycles. The number of amides is 1. The molecule has 3 rings (SSSR count). The van der Waals surface area contributed by atoms with Crippen molar-refractivity contribution in [3.8, 4) is 0 Å². The van der Waals surface area contributed by atoms with Gasteiger partial charge in [0.25, 0.3) is 11.5 Å². The third kappa shape index (κ3) is 5.29. The fourth-order valence-corrected chi connectivity index (χ4v) is 3.62. The summed E-state index contributed by atoms with van der Waals surface area (Å²) in [6.45, 7) is 4.13. The number of ether oxygens (including phenoxy) is 1. The zero-order chi connectivity index (χ0) is 20.8. The van der Waals surface area contributed by atoms with Gasteiger partial charge in [0, 0.05) is 19.1 Å². The van der Waals surface area contributed by atoms with Crippen molar-refractivity contribution in [2.45, 2.75) is 39.4 Å². The summed E-state index contributed by atoms with van der Waals surface area (Å²) in [5.41, 5.74) is 0.825. The van der Waals surface area contributed by atoms with Crippen LogP contribution in [0.1, 0.15) is 25.8 Å². The van der Waals surface area contributed by atoms with Gasteiger partial charge in [-0.2, -0.15) is 0 Å². The molecule has 0 saturated heterocycles. The number of fused-ring (bicyclic) bond motifs is 1. The number of hydrogen-bond acceptors (Lipinski definition) is 6. The summed E-state index contributed by atoms with van der Waals surface area (Å²) >= 11 is 1.39. The van der Waals surface area contributed by atoms with Crippen LogP contribution in [0, 0.1) is 0 Å². The maximum Gasteiger partial charge on any atom is 0.308 e. The lowest BCUT2D eigenvalue weighted by Crippen LogP contribution is -2.39. The highest BCUT2D eigenvalue weighted by molar-refractivity contribution is 7.16. The van der Waals surface area contributed by atoms with Crippen LogP contribution in [-0.2, 0) is 27.4 Å². The van der Waals surface area contributed by atoms with E-state index in [0.717, 1.165) is 5.56 Å². The number of rotatable bonds is 8. The van der Waals surface area contributed by atoms with E-state index in [-0.39, 0.29) is 37.1 Å². The zero-order valence-electron chi connectivity index (χ0n) is 16.4. The maximum atomic E-state index is 12.5. The Morgan fingerprint density at radius 1 is 1.21 bits per heavy atom.